The smallest absolute Gasteiger partial charge is 0.342 e. The molecule has 0 amide bonds. The van der Waals surface area contributed by atoms with Crippen LogP contribution in [0.25, 0.3) is 0 Å². The molecule has 4 heteroatoms. The van der Waals surface area contributed by atoms with Gasteiger partial charge in [0.2, 0.25) is 0 Å². The van der Waals surface area contributed by atoms with Crippen LogP contribution in [0.5, 0.6) is 0 Å². The molecule has 0 rings (SSSR count). The van der Waals surface area contributed by atoms with Crippen molar-refractivity contribution in [3.05, 3.63) is 8.06 Å². The second-order valence-electron chi connectivity index (χ2n) is 1.15. The number of halogens is 2. The second-order valence-corrected chi connectivity index (χ2v) is 3.42. The van der Waals surface area contributed by atoms with E-state index in [1.54, 1.807) is 29.5 Å². The van der Waals surface area contributed by atoms with Crippen molar-refractivity contribution in [3.8, 4) is 0 Å². The van der Waals surface area contributed by atoms with Gasteiger partial charge in [0.05, 0.1) is 0 Å². The van der Waals surface area contributed by atoms with E-state index in [0.717, 1.165) is 0 Å². The molecular formula is C4H4BrIO2. The van der Waals surface area contributed by atoms with Crippen molar-refractivity contribution < 1.29 is 9.90 Å². The molecule has 0 saturated carbocycles. The van der Waals surface area contributed by atoms with Gasteiger partial charge in [-0.1, -0.05) is 15.9 Å². The van der Waals surface area contributed by atoms with Crippen molar-refractivity contribution in [2.45, 2.75) is 6.92 Å². The Morgan fingerprint density at radius 1 is 1.75 bits per heavy atom. The van der Waals surface area contributed by atoms with Gasteiger partial charge in [-0.15, -0.1) is 0 Å². The van der Waals surface area contributed by atoms with Crippen LogP contribution in [0.15, 0.2) is 8.06 Å². The lowest BCUT2D eigenvalue weighted by molar-refractivity contribution is -0.131. The monoisotopic (exact) mass is 290 g/mol. The molecule has 0 fully saturated rings. The number of carboxylic acids is 1. The SMILES string of the molecule is C/C(Br)=C(\I)C(=O)O. The summed E-state index contributed by atoms with van der Waals surface area (Å²) in [4.78, 5) is 10.0. The molecule has 0 unspecified atom stereocenters. The Bertz CT molecular complexity index is 137. The Hall–Kier alpha value is 0.420. The third-order valence-electron chi connectivity index (χ3n) is 0.490. The molecule has 0 aromatic carbocycles. The van der Waals surface area contributed by atoms with E-state index >= 15 is 0 Å². The average molecular weight is 291 g/mol. The van der Waals surface area contributed by atoms with Crippen LogP contribution in [0.1, 0.15) is 6.92 Å². The van der Waals surface area contributed by atoms with E-state index in [2.05, 4.69) is 15.9 Å². The maximum absolute atomic E-state index is 10.0. The van der Waals surface area contributed by atoms with Crippen molar-refractivity contribution in [2.24, 2.45) is 0 Å². The Balaban J connectivity index is 4.23. The first kappa shape index (κ1) is 8.42. The second kappa shape index (κ2) is 3.45. The van der Waals surface area contributed by atoms with E-state index in [1.807, 2.05) is 0 Å². The van der Waals surface area contributed by atoms with Gasteiger partial charge in [0.25, 0.3) is 0 Å². The number of hydrogen-bond acceptors (Lipinski definition) is 1. The number of rotatable bonds is 1. The lowest BCUT2D eigenvalue weighted by Gasteiger charge is -1.88. The first-order valence-electron chi connectivity index (χ1n) is 1.81. The third kappa shape index (κ3) is 2.66. The van der Waals surface area contributed by atoms with E-state index in [4.69, 9.17) is 5.11 Å². The topological polar surface area (TPSA) is 37.3 Å². The molecule has 0 radical (unpaired) electrons. The average Bonchev–Trinajstić information content (AvgIpc) is 1.64. The normalized spacial score (nSPS) is 12.9. The van der Waals surface area contributed by atoms with Gasteiger partial charge in [-0.3, -0.25) is 0 Å². The third-order valence-corrected chi connectivity index (χ3v) is 2.90. The highest BCUT2D eigenvalue weighted by Crippen LogP contribution is 2.16. The number of aliphatic carboxylic acids is 1. The summed E-state index contributed by atoms with van der Waals surface area (Å²) >= 11 is 4.79. The van der Waals surface area contributed by atoms with Gasteiger partial charge in [-0.2, -0.15) is 0 Å². The quantitative estimate of drug-likeness (QED) is 0.593. The van der Waals surface area contributed by atoms with Crippen LogP contribution < -0.4 is 0 Å². The van der Waals surface area contributed by atoms with Crippen LogP contribution in [-0.2, 0) is 4.79 Å². The number of allylic oxidation sites excluding steroid dienone is 1. The molecule has 0 saturated heterocycles. The Morgan fingerprint density at radius 3 is 2.12 bits per heavy atom. The Morgan fingerprint density at radius 2 is 2.12 bits per heavy atom. The van der Waals surface area contributed by atoms with E-state index < -0.39 is 5.97 Å². The molecule has 1 N–H and O–H groups in total. The van der Waals surface area contributed by atoms with E-state index in [-0.39, 0.29) is 0 Å². The van der Waals surface area contributed by atoms with Gasteiger partial charge in [0.15, 0.2) is 0 Å². The molecule has 0 atom stereocenters. The molecule has 2 nitrogen and oxygen atoms in total. The molecular weight excluding hydrogens is 287 g/mol. The summed E-state index contributed by atoms with van der Waals surface area (Å²) in [5.41, 5.74) is 0. The zero-order valence-corrected chi connectivity index (χ0v) is 7.85. The summed E-state index contributed by atoms with van der Waals surface area (Å²) in [7, 11) is 0. The highest BCUT2D eigenvalue weighted by atomic mass is 127. The fourth-order valence-electron chi connectivity index (χ4n) is 0.147. The molecule has 0 spiro atoms. The molecule has 46 valence electrons. The van der Waals surface area contributed by atoms with Gasteiger partial charge in [-0.25, -0.2) is 4.79 Å². The van der Waals surface area contributed by atoms with Crippen LogP contribution >= 0.6 is 38.5 Å². The van der Waals surface area contributed by atoms with Crippen LogP contribution in [0.2, 0.25) is 0 Å². The predicted molar refractivity (Wildman–Crippen MR) is 43.3 cm³/mol. The summed E-state index contributed by atoms with van der Waals surface area (Å²) in [5, 5.41) is 8.26. The zero-order valence-electron chi connectivity index (χ0n) is 4.11. The van der Waals surface area contributed by atoms with Crippen molar-refractivity contribution in [1.82, 2.24) is 0 Å². The minimum absolute atomic E-state index is 0.322. The molecule has 0 bridgehead atoms. The van der Waals surface area contributed by atoms with Gasteiger partial charge in [0, 0.05) is 4.48 Å². The van der Waals surface area contributed by atoms with Gasteiger partial charge >= 0.3 is 5.97 Å². The molecule has 0 aromatic heterocycles. The highest BCUT2D eigenvalue weighted by Gasteiger charge is 2.02. The summed E-state index contributed by atoms with van der Waals surface area (Å²) in [6.07, 6.45) is 0. The minimum Gasteiger partial charge on any atom is -0.477 e. The standard InChI is InChI=1S/C4H4BrIO2/c1-2(5)3(6)4(7)8/h1H3,(H,7,8)/b3-2+. The first-order chi connectivity index (χ1) is 3.55. The lowest BCUT2D eigenvalue weighted by atomic mass is 10.5. The number of hydrogen-bond donors (Lipinski definition) is 1. The van der Waals surface area contributed by atoms with Crippen LogP contribution in [0, 0.1) is 0 Å². The summed E-state index contributed by atoms with van der Waals surface area (Å²) in [5.74, 6) is -0.889. The fourth-order valence-corrected chi connectivity index (χ4v) is 0.317. The molecule has 0 heterocycles. The van der Waals surface area contributed by atoms with Gasteiger partial charge < -0.3 is 5.11 Å². The van der Waals surface area contributed by atoms with Gasteiger partial charge in [0.1, 0.15) is 3.58 Å². The summed E-state index contributed by atoms with van der Waals surface area (Å²) in [6, 6.07) is 0. The zero-order chi connectivity index (χ0) is 6.73. The van der Waals surface area contributed by atoms with Gasteiger partial charge in [-0.05, 0) is 29.5 Å². The summed E-state index contributed by atoms with van der Waals surface area (Å²) < 4.78 is 0.980. The van der Waals surface area contributed by atoms with E-state index in [0.29, 0.717) is 8.06 Å². The molecule has 0 aromatic rings. The largest absolute Gasteiger partial charge is 0.477 e. The van der Waals surface area contributed by atoms with Crippen molar-refractivity contribution >= 4 is 44.5 Å². The van der Waals surface area contributed by atoms with E-state index in [9.17, 15) is 4.79 Å². The van der Waals surface area contributed by atoms with Crippen molar-refractivity contribution in [3.63, 3.8) is 0 Å². The first-order valence-corrected chi connectivity index (χ1v) is 3.68. The number of carboxylic acid groups (broad SMARTS) is 1. The Kier molecular flexibility index (Phi) is 3.63. The van der Waals surface area contributed by atoms with Crippen molar-refractivity contribution in [2.75, 3.05) is 0 Å². The van der Waals surface area contributed by atoms with Crippen LogP contribution in [0.4, 0.5) is 0 Å². The molecule has 8 heavy (non-hydrogen) atoms. The van der Waals surface area contributed by atoms with Crippen LogP contribution in [-0.4, -0.2) is 11.1 Å². The van der Waals surface area contributed by atoms with E-state index in [1.165, 1.54) is 0 Å². The summed E-state index contributed by atoms with van der Waals surface area (Å²) in [6.45, 7) is 1.69. The molecule has 0 aliphatic heterocycles. The molecule has 0 aliphatic rings. The minimum atomic E-state index is -0.889. The van der Waals surface area contributed by atoms with Crippen molar-refractivity contribution in [1.29, 1.82) is 0 Å². The highest BCUT2D eigenvalue weighted by molar-refractivity contribution is 14.1. The lowest BCUT2D eigenvalue weighted by Crippen LogP contribution is -1.93. The molecule has 0 aliphatic carbocycles. The fraction of sp³-hybridized carbons (Fsp3) is 0.250. The Labute approximate surface area is 69.2 Å². The predicted octanol–water partition coefficient (Wildman–Crippen LogP) is 2.13. The van der Waals surface area contributed by atoms with Crippen LogP contribution in [0.3, 0.4) is 0 Å². The number of carbonyl (C=O) groups is 1. The maximum atomic E-state index is 10.0. The maximum Gasteiger partial charge on any atom is 0.342 e.